The third-order valence-electron chi connectivity index (χ3n) is 3.16. The standard InChI is InChI=1S/C16H12N2O4/c1-10-7-8-12(22-10)9-13-14(19)17-16(21)18(15(13)20)11-5-3-2-4-6-11/h2-9H,1H3,(H,17,19,21)/b13-9+. The summed E-state index contributed by atoms with van der Waals surface area (Å²) in [4.78, 5) is 37.3. The van der Waals surface area contributed by atoms with Crippen molar-refractivity contribution < 1.29 is 18.8 Å². The lowest BCUT2D eigenvalue weighted by atomic mass is 10.1. The fourth-order valence-corrected chi connectivity index (χ4v) is 2.14. The summed E-state index contributed by atoms with van der Waals surface area (Å²) in [6, 6.07) is 11.0. The Kier molecular flexibility index (Phi) is 3.34. The Labute approximate surface area is 126 Å². The fraction of sp³-hybridized carbons (Fsp3) is 0.0625. The van der Waals surface area contributed by atoms with Gasteiger partial charge in [0.15, 0.2) is 0 Å². The zero-order chi connectivity index (χ0) is 15.7. The molecule has 1 aromatic heterocycles. The number of benzene rings is 1. The number of rotatable bonds is 2. The van der Waals surface area contributed by atoms with E-state index in [1.165, 1.54) is 6.08 Å². The molecular formula is C16H12N2O4. The van der Waals surface area contributed by atoms with Crippen molar-refractivity contribution in [1.29, 1.82) is 0 Å². The number of carbonyl (C=O) groups is 3. The highest BCUT2D eigenvalue weighted by Crippen LogP contribution is 2.21. The van der Waals surface area contributed by atoms with Gasteiger partial charge in [0.1, 0.15) is 17.1 Å². The maximum atomic E-state index is 12.5. The molecule has 0 atom stereocenters. The predicted molar refractivity (Wildman–Crippen MR) is 78.9 cm³/mol. The first kappa shape index (κ1) is 13.8. The van der Waals surface area contributed by atoms with E-state index in [4.69, 9.17) is 4.42 Å². The average Bonchev–Trinajstić information content (AvgIpc) is 2.90. The highest BCUT2D eigenvalue weighted by molar-refractivity contribution is 6.39. The lowest BCUT2D eigenvalue weighted by molar-refractivity contribution is -0.122. The van der Waals surface area contributed by atoms with Crippen LogP contribution in [0.1, 0.15) is 11.5 Å². The Morgan fingerprint density at radius 1 is 1.05 bits per heavy atom. The molecule has 2 aromatic rings. The van der Waals surface area contributed by atoms with Crippen molar-refractivity contribution in [3.63, 3.8) is 0 Å². The number of imide groups is 2. The average molecular weight is 296 g/mol. The van der Waals surface area contributed by atoms with Crippen LogP contribution in [0.2, 0.25) is 0 Å². The van der Waals surface area contributed by atoms with Gasteiger partial charge in [-0.25, -0.2) is 9.69 Å². The van der Waals surface area contributed by atoms with E-state index in [9.17, 15) is 14.4 Å². The van der Waals surface area contributed by atoms with Gasteiger partial charge in [0.25, 0.3) is 11.8 Å². The van der Waals surface area contributed by atoms with Crippen LogP contribution in [0.5, 0.6) is 0 Å². The topological polar surface area (TPSA) is 79.6 Å². The Balaban J connectivity index is 2.01. The van der Waals surface area contributed by atoms with Gasteiger partial charge in [-0.15, -0.1) is 0 Å². The Bertz CT molecular complexity index is 789. The number of urea groups is 1. The number of para-hydroxylation sites is 1. The maximum absolute atomic E-state index is 12.5. The zero-order valence-electron chi connectivity index (χ0n) is 11.7. The van der Waals surface area contributed by atoms with Crippen molar-refractivity contribution in [2.24, 2.45) is 0 Å². The zero-order valence-corrected chi connectivity index (χ0v) is 11.7. The van der Waals surface area contributed by atoms with E-state index in [1.807, 2.05) is 0 Å². The number of nitrogens with zero attached hydrogens (tertiary/aromatic N) is 1. The number of furan rings is 1. The van der Waals surface area contributed by atoms with Gasteiger partial charge in [0.05, 0.1) is 5.69 Å². The number of carbonyl (C=O) groups excluding carboxylic acids is 3. The van der Waals surface area contributed by atoms with E-state index in [1.54, 1.807) is 49.4 Å². The van der Waals surface area contributed by atoms with Crippen LogP contribution in [0, 0.1) is 6.92 Å². The van der Waals surface area contributed by atoms with Gasteiger partial charge in [0, 0.05) is 0 Å². The second kappa shape index (κ2) is 5.33. The number of hydrogen-bond donors (Lipinski definition) is 1. The number of aryl methyl sites for hydroxylation is 1. The minimum absolute atomic E-state index is 0.155. The molecule has 22 heavy (non-hydrogen) atoms. The van der Waals surface area contributed by atoms with Gasteiger partial charge in [-0.3, -0.25) is 14.9 Å². The largest absolute Gasteiger partial charge is 0.462 e. The van der Waals surface area contributed by atoms with Gasteiger partial charge in [0.2, 0.25) is 0 Å². The molecule has 1 N–H and O–H groups in total. The van der Waals surface area contributed by atoms with Gasteiger partial charge in [-0.05, 0) is 37.3 Å². The van der Waals surface area contributed by atoms with E-state index < -0.39 is 17.8 Å². The van der Waals surface area contributed by atoms with E-state index in [0.717, 1.165) is 4.90 Å². The number of hydrogen-bond acceptors (Lipinski definition) is 4. The lowest BCUT2D eigenvalue weighted by Gasteiger charge is -2.26. The molecule has 1 aromatic carbocycles. The number of barbiturate groups is 1. The van der Waals surface area contributed by atoms with Gasteiger partial charge >= 0.3 is 6.03 Å². The molecule has 0 bridgehead atoms. The first-order valence-electron chi connectivity index (χ1n) is 6.59. The molecule has 3 rings (SSSR count). The quantitative estimate of drug-likeness (QED) is 0.681. The summed E-state index contributed by atoms with van der Waals surface area (Å²) < 4.78 is 5.34. The van der Waals surface area contributed by atoms with Crippen molar-refractivity contribution in [2.75, 3.05) is 4.90 Å². The Morgan fingerprint density at radius 2 is 1.77 bits per heavy atom. The predicted octanol–water partition coefficient (Wildman–Crippen LogP) is 2.25. The molecule has 2 heterocycles. The van der Waals surface area contributed by atoms with Crippen molar-refractivity contribution in [3.8, 4) is 0 Å². The van der Waals surface area contributed by atoms with E-state index in [2.05, 4.69) is 5.32 Å². The number of anilines is 1. The first-order valence-corrected chi connectivity index (χ1v) is 6.59. The van der Waals surface area contributed by atoms with Crippen LogP contribution in [0.4, 0.5) is 10.5 Å². The van der Waals surface area contributed by atoms with Crippen LogP contribution in [-0.2, 0) is 9.59 Å². The van der Waals surface area contributed by atoms with Crippen molar-refractivity contribution in [2.45, 2.75) is 6.92 Å². The van der Waals surface area contributed by atoms with E-state index in [0.29, 0.717) is 17.2 Å². The summed E-state index contributed by atoms with van der Waals surface area (Å²) in [5.41, 5.74) is 0.233. The second-order valence-corrected chi connectivity index (χ2v) is 4.74. The molecule has 6 heteroatoms. The number of nitrogens with one attached hydrogen (secondary N) is 1. The summed E-state index contributed by atoms with van der Waals surface area (Å²) in [6.07, 6.45) is 1.33. The lowest BCUT2D eigenvalue weighted by Crippen LogP contribution is -2.54. The van der Waals surface area contributed by atoms with Gasteiger partial charge in [-0.1, -0.05) is 18.2 Å². The van der Waals surface area contributed by atoms with Crippen LogP contribution in [0.3, 0.4) is 0 Å². The van der Waals surface area contributed by atoms with Gasteiger partial charge in [-0.2, -0.15) is 0 Å². The summed E-state index contributed by atoms with van der Waals surface area (Å²) in [5.74, 6) is -0.393. The Morgan fingerprint density at radius 3 is 2.41 bits per heavy atom. The minimum Gasteiger partial charge on any atom is -0.462 e. The molecular weight excluding hydrogens is 284 g/mol. The van der Waals surface area contributed by atoms with E-state index >= 15 is 0 Å². The van der Waals surface area contributed by atoms with Crippen LogP contribution in [-0.4, -0.2) is 17.8 Å². The summed E-state index contributed by atoms with van der Waals surface area (Å²) in [6.45, 7) is 1.75. The third kappa shape index (κ3) is 2.42. The fourth-order valence-electron chi connectivity index (χ4n) is 2.14. The molecule has 1 aliphatic rings. The first-order chi connectivity index (χ1) is 10.6. The monoisotopic (exact) mass is 296 g/mol. The second-order valence-electron chi connectivity index (χ2n) is 4.74. The molecule has 0 spiro atoms. The molecule has 0 radical (unpaired) electrons. The molecule has 0 saturated carbocycles. The molecule has 1 aliphatic heterocycles. The maximum Gasteiger partial charge on any atom is 0.335 e. The molecule has 1 fully saturated rings. The van der Waals surface area contributed by atoms with Crippen LogP contribution in [0.15, 0.2) is 52.5 Å². The van der Waals surface area contributed by atoms with Crippen molar-refractivity contribution >= 4 is 29.6 Å². The Hall–Kier alpha value is -3.15. The normalized spacial score (nSPS) is 17.0. The van der Waals surface area contributed by atoms with Crippen molar-refractivity contribution in [3.05, 3.63) is 59.6 Å². The smallest absolute Gasteiger partial charge is 0.335 e. The summed E-state index contributed by atoms with van der Waals surface area (Å²) in [5, 5.41) is 2.15. The van der Waals surface area contributed by atoms with Crippen LogP contribution >= 0.6 is 0 Å². The molecule has 6 nitrogen and oxygen atoms in total. The molecule has 0 unspecified atom stereocenters. The van der Waals surface area contributed by atoms with Crippen LogP contribution in [0.25, 0.3) is 6.08 Å². The minimum atomic E-state index is -0.769. The van der Waals surface area contributed by atoms with Crippen molar-refractivity contribution in [1.82, 2.24) is 5.32 Å². The van der Waals surface area contributed by atoms with Crippen LogP contribution < -0.4 is 10.2 Å². The number of amides is 4. The van der Waals surface area contributed by atoms with E-state index in [-0.39, 0.29) is 5.57 Å². The van der Waals surface area contributed by atoms with Gasteiger partial charge < -0.3 is 4.42 Å². The molecule has 110 valence electrons. The molecule has 4 amide bonds. The highest BCUT2D eigenvalue weighted by atomic mass is 16.3. The summed E-state index contributed by atoms with van der Waals surface area (Å²) >= 11 is 0. The molecule has 1 saturated heterocycles. The third-order valence-corrected chi connectivity index (χ3v) is 3.16. The molecule has 0 aliphatic carbocycles. The highest BCUT2D eigenvalue weighted by Gasteiger charge is 2.36. The SMILES string of the molecule is Cc1ccc(/C=C2\C(=O)NC(=O)N(c3ccccc3)C2=O)o1. The summed E-state index contributed by atoms with van der Waals surface area (Å²) in [7, 11) is 0.